The summed E-state index contributed by atoms with van der Waals surface area (Å²) in [6.45, 7) is 3.52. The number of aromatic nitrogens is 2. The van der Waals surface area contributed by atoms with E-state index in [0.29, 0.717) is 19.7 Å². The molecule has 0 saturated carbocycles. The molecule has 1 aromatic heterocycles. The molecule has 1 spiro atoms. The molecule has 4 rings (SSSR count). The second kappa shape index (κ2) is 5.71. The fourth-order valence-corrected chi connectivity index (χ4v) is 3.70. The lowest BCUT2D eigenvalue weighted by molar-refractivity contribution is -0.273. The van der Waals surface area contributed by atoms with Crippen molar-refractivity contribution in [2.75, 3.05) is 19.7 Å². The number of piperidine rings is 1. The van der Waals surface area contributed by atoms with Crippen LogP contribution in [0.3, 0.4) is 0 Å². The third-order valence-electron chi connectivity index (χ3n) is 4.32. The van der Waals surface area contributed by atoms with Crippen LogP contribution in [0.2, 0.25) is 0 Å². The van der Waals surface area contributed by atoms with Gasteiger partial charge in [-0.05, 0) is 13.3 Å². The van der Waals surface area contributed by atoms with Crippen LogP contribution in [-0.2, 0) is 19.1 Å². The van der Waals surface area contributed by atoms with Gasteiger partial charge in [0.1, 0.15) is 6.61 Å². The largest absolute Gasteiger partial charge is 0.469 e. The number of fused-ring (bicyclic) bond motifs is 3. The Morgan fingerprint density at radius 3 is 2.83 bits per heavy atom. The molecular formula is C14H15N3O6S. The van der Waals surface area contributed by atoms with E-state index in [1.54, 1.807) is 0 Å². The van der Waals surface area contributed by atoms with Crippen LogP contribution in [0.1, 0.15) is 13.3 Å². The maximum atomic E-state index is 11.6. The molecule has 0 amide bonds. The molecule has 128 valence electrons. The number of esters is 2. The minimum atomic E-state index is -1.50. The Kier molecular flexibility index (Phi) is 3.65. The molecule has 1 aromatic rings. The van der Waals surface area contributed by atoms with E-state index in [1.807, 2.05) is 24.0 Å². The minimum Gasteiger partial charge on any atom is -0.469 e. The van der Waals surface area contributed by atoms with Crippen LogP contribution in [-0.4, -0.2) is 57.3 Å². The Morgan fingerprint density at radius 2 is 2.08 bits per heavy atom. The number of ether oxygens (including phenoxy) is 4. The van der Waals surface area contributed by atoms with E-state index in [2.05, 4.69) is 8.75 Å². The number of hydrogen-bond acceptors (Lipinski definition) is 10. The second-order valence-electron chi connectivity index (χ2n) is 5.70. The van der Waals surface area contributed by atoms with Crippen molar-refractivity contribution in [1.82, 2.24) is 13.6 Å². The molecular weight excluding hydrogens is 338 g/mol. The lowest BCUT2D eigenvalue weighted by atomic mass is 9.99. The van der Waals surface area contributed by atoms with Gasteiger partial charge in [-0.25, -0.2) is 14.5 Å². The summed E-state index contributed by atoms with van der Waals surface area (Å²) in [5.74, 6) is -2.97. The van der Waals surface area contributed by atoms with Crippen molar-refractivity contribution in [2.24, 2.45) is 5.92 Å². The molecule has 0 radical (unpaired) electrons. The summed E-state index contributed by atoms with van der Waals surface area (Å²) < 4.78 is 30.1. The van der Waals surface area contributed by atoms with E-state index in [4.69, 9.17) is 18.9 Å². The first kappa shape index (κ1) is 15.3. The summed E-state index contributed by atoms with van der Waals surface area (Å²) in [6.07, 6.45) is 3.88. The molecule has 3 fully saturated rings. The van der Waals surface area contributed by atoms with Crippen molar-refractivity contribution in [3.63, 3.8) is 0 Å². The molecule has 9 nitrogen and oxygen atoms in total. The molecule has 10 heteroatoms. The van der Waals surface area contributed by atoms with Gasteiger partial charge in [0.05, 0.1) is 11.7 Å². The molecule has 3 aliphatic rings. The van der Waals surface area contributed by atoms with Gasteiger partial charge in [-0.3, -0.25) is 0 Å². The molecule has 2 bridgehead atoms. The summed E-state index contributed by atoms with van der Waals surface area (Å²) in [5, 5.41) is 0. The first-order valence-electron chi connectivity index (χ1n) is 7.58. The maximum Gasteiger partial charge on any atom is 0.422 e. The Hall–Kier alpha value is -2.20. The Bertz CT molecular complexity index is 688. The van der Waals surface area contributed by atoms with Crippen molar-refractivity contribution < 1.29 is 28.5 Å². The monoisotopic (exact) mass is 353 g/mol. The number of allylic oxidation sites excluding steroid dienone is 1. The van der Waals surface area contributed by atoms with E-state index in [-0.39, 0.29) is 17.7 Å². The fraction of sp³-hybridized carbons (Fsp3) is 0.571. The maximum absolute atomic E-state index is 11.6. The summed E-state index contributed by atoms with van der Waals surface area (Å²) >= 11 is 0.957. The van der Waals surface area contributed by atoms with Gasteiger partial charge >= 0.3 is 17.8 Å². The highest BCUT2D eigenvalue weighted by Crippen LogP contribution is 2.47. The van der Waals surface area contributed by atoms with Crippen LogP contribution in [0.4, 0.5) is 0 Å². The molecule has 0 N–H and O–H groups in total. The average molecular weight is 353 g/mol. The lowest BCUT2D eigenvalue weighted by Gasteiger charge is -2.36. The van der Waals surface area contributed by atoms with Gasteiger partial charge in [0.25, 0.3) is 11.8 Å². The summed E-state index contributed by atoms with van der Waals surface area (Å²) in [7, 11) is 0. The predicted octanol–water partition coefficient (Wildman–Crippen LogP) is 0.330. The number of carbonyl (C=O) groups is 2. The highest BCUT2D eigenvalue weighted by atomic mass is 32.1. The van der Waals surface area contributed by atoms with E-state index in [1.165, 1.54) is 0 Å². The third kappa shape index (κ3) is 2.25. The van der Waals surface area contributed by atoms with Crippen molar-refractivity contribution >= 4 is 23.7 Å². The lowest BCUT2D eigenvalue weighted by Crippen LogP contribution is -2.57. The summed E-state index contributed by atoms with van der Waals surface area (Å²) in [5.41, 5.74) is 0. The number of rotatable bonds is 5. The van der Waals surface area contributed by atoms with Crippen molar-refractivity contribution in [3.05, 3.63) is 12.2 Å². The molecule has 0 aliphatic carbocycles. The number of nitrogens with zero attached hydrogens (tertiary/aromatic N) is 3. The minimum absolute atomic E-state index is 0.0637. The van der Waals surface area contributed by atoms with Gasteiger partial charge in [0.15, 0.2) is 6.10 Å². The highest BCUT2D eigenvalue weighted by molar-refractivity contribution is 6.99. The van der Waals surface area contributed by atoms with Gasteiger partial charge < -0.3 is 18.9 Å². The standard InChI is InChI=1S/C14H15N3O6S/c1-2-3-6-20-10-11(16-24-15-10)21-9-8-4-5-17(7-8)14(9)22-12(18)13(19)23-14/h2-3,8-9H,4-7H2,1H3/b3-2+. The SMILES string of the molecule is C/C=C/COc1nsnc1OC1C2CCN(C2)C12OC(=O)C(=O)O2. The van der Waals surface area contributed by atoms with Crippen molar-refractivity contribution in [2.45, 2.75) is 25.4 Å². The zero-order chi connectivity index (χ0) is 16.7. The van der Waals surface area contributed by atoms with E-state index in [9.17, 15) is 9.59 Å². The topological polar surface area (TPSA) is 100 Å². The highest BCUT2D eigenvalue weighted by Gasteiger charge is 2.69. The van der Waals surface area contributed by atoms with Crippen LogP contribution in [0.5, 0.6) is 11.8 Å². The predicted molar refractivity (Wildman–Crippen MR) is 79.2 cm³/mol. The van der Waals surface area contributed by atoms with Crippen molar-refractivity contribution in [1.29, 1.82) is 0 Å². The Labute approximate surface area is 141 Å². The number of carbonyl (C=O) groups excluding carboxylic acids is 2. The average Bonchev–Trinajstić information content (AvgIpc) is 3.29. The van der Waals surface area contributed by atoms with E-state index < -0.39 is 24.0 Å². The normalized spacial score (nSPS) is 30.1. The summed E-state index contributed by atoms with van der Waals surface area (Å²) in [6, 6.07) is 0. The molecule has 4 heterocycles. The zero-order valence-electron chi connectivity index (χ0n) is 12.8. The molecule has 3 unspecified atom stereocenters. The molecule has 3 atom stereocenters. The Balaban J connectivity index is 1.57. The number of hydrogen-bond donors (Lipinski definition) is 0. The first-order chi connectivity index (χ1) is 11.6. The van der Waals surface area contributed by atoms with Gasteiger partial charge in [-0.2, -0.15) is 0 Å². The molecule has 0 aromatic carbocycles. The quantitative estimate of drug-likeness (QED) is 0.421. The summed E-state index contributed by atoms with van der Waals surface area (Å²) in [4.78, 5) is 24.9. The van der Waals surface area contributed by atoms with Gasteiger partial charge in [0.2, 0.25) is 0 Å². The molecule has 24 heavy (non-hydrogen) atoms. The van der Waals surface area contributed by atoms with Crippen LogP contribution in [0.25, 0.3) is 0 Å². The van der Waals surface area contributed by atoms with Crippen LogP contribution in [0.15, 0.2) is 12.2 Å². The first-order valence-corrected chi connectivity index (χ1v) is 8.31. The van der Waals surface area contributed by atoms with Gasteiger partial charge in [0, 0.05) is 19.0 Å². The fourth-order valence-electron chi connectivity index (χ4n) is 3.26. The Morgan fingerprint density at radius 1 is 1.33 bits per heavy atom. The third-order valence-corrected chi connectivity index (χ3v) is 4.81. The second-order valence-corrected chi connectivity index (χ2v) is 6.23. The molecule has 3 aliphatic heterocycles. The smallest absolute Gasteiger partial charge is 0.422 e. The van der Waals surface area contributed by atoms with E-state index >= 15 is 0 Å². The van der Waals surface area contributed by atoms with Crippen LogP contribution < -0.4 is 9.47 Å². The molecule has 3 saturated heterocycles. The van der Waals surface area contributed by atoms with E-state index in [0.717, 1.165) is 18.1 Å². The zero-order valence-corrected chi connectivity index (χ0v) is 13.7. The van der Waals surface area contributed by atoms with Gasteiger partial charge in [-0.15, -0.1) is 8.75 Å². The van der Waals surface area contributed by atoms with Crippen LogP contribution in [0, 0.1) is 5.92 Å². The van der Waals surface area contributed by atoms with Gasteiger partial charge in [-0.1, -0.05) is 12.2 Å². The van der Waals surface area contributed by atoms with Crippen LogP contribution >= 0.6 is 11.7 Å². The van der Waals surface area contributed by atoms with Crippen molar-refractivity contribution in [3.8, 4) is 11.8 Å².